The maximum atomic E-state index is 14.1. The van der Waals surface area contributed by atoms with E-state index in [0.717, 1.165) is 0 Å². The van der Waals surface area contributed by atoms with E-state index in [2.05, 4.69) is 14.2 Å². The third-order valence-electron chi connectivity index (χ3n) is 5.52. The summed E-state index contributed by atoms with van der Waals surface area (Å²) < 4.78 is 475. The smallest absolute Gasteiger partial charge is 0.398 e. The number of halogens is 27. The highest BCUT2D eigenvalue weighted by Crippen LogP contribution is 2.53. The fourth-order valence-electron chi connectivity index (χ4n) is 3.34. The van der Waals surface area contributed by atoms with Gasteiger partial charge in [0.05, 0.1) is 0 Å². The van der Waals surface area contributed by atoms with Crippen LogP contribution in [0, 0.1) is 0 Å². The van der Waals surface area contributed by atoms with Crippen LogP contribution in [0.3, 0.4) is 0 Å². The van der Waals surface area contributed by atoms with Crippen molar-refractivity contribution in [2.75, 3.05) is 34.5 Å². The Hall–Kier alpha value is -3.43. The van der Waals surface area contributed by atoms with Crippen LogP contribution >= 0.6 is 0 Å². The van der Waals surface area contributed by atoms with Crippen molar-refractivity contribution in [1.82, 2.24) is 0 Å². The van der Waals surface area contributed by atoms with Gasteiger partial charge in [-0.3, -0.25) is 23.8 Å². The van der Waals surface area contributed by atoms with Crippen molar-refractivity contribution in [1.29, 1.82) is 0 Å². The molecule has 0 aromatic carbocycles. The Balaban J connectivity index is -0.00000106. The number of Topliss-reactive ketones (excluding diaryl/α,β-unsaturated/α-hetero) is 1. The molecule has 0 rings (SSSR count). The summed E-state index contributed by atoms with van der Waals surface area (Å²) in [5.74, 6) is -50.6. The van der Waals surface area contributed by atoms with Crippen LogP contribution in [-0.2, 0) is 89.9 Å². The molecule has 0 heterocycles. The van der Waals surface area contributed by atoms with Crippen molar-refractivity contribution in [2.45, 2.75) is 60.0 Å². The number of aldehydes is 1. The van der Waals surface area contributed by atoms with E-state index in [-0.39, 0.29) is 0 Å². The van der Waals surface area contributed by atoms with Crippen LogP contribution in [0.15, 0.2) is 12.1 Å². The number of ether oxygens (including phenoxy) is 4. The molecule has 0 amide bonds. The van der Waals surface area contributed by atoms with Crippen LogP contribution < -0.4 is 0 Å². The molecule has 0 spiro atoms. The van der Waals surface area contributed by atoms with Crippen molar-refractivity contribution in [3.8, 4) is 0 Å². The highest BCUT2D eigenvalue weighted by atomic mass is 32.3. The molecule has 51 heteroatoms. The number of alkyl halides is 18. The zero-order chi connectivity index (χ0) is 58.5. The molecule has 0 saturated heterocycles. The van der Waals surface area contributed by atoms with Gasteiger partial charge >= 0.3 is 122 Å². The van der Waals surface area contributed by atoms with Gasteiger partial charge in [-0.2, -0.15) is 134 Å². The van der Waals surface area contributed by atoms with Crippen LogP contribution in [0.1, 0.15) is 0 Å². The quantitative estimate of drug-likeness (QED) is 0.0573. The molecule has 71 heavy (non-hydrogen) atoms. The topological polar surface area (TPSA) is 276 Å². The monoisotopic (exact) mass is 1250 g/mol. The summed E-state index contributed by atoms with van der Waals surface area (Å²) in [5, 5.41) is 0. The van der Waals surface area contributed by atoms with Crippen molar-refractivity contribution in [3.05, 3.63) is 12.1 Å². The lowest BCUT2D eigenvalue weighted by Crippen LogP contribution is -2.66. The summed E-state index contributed by atoms with van der Waals surface area (Å²) in [7, 11) is -36.5. The lowest BCUT2D eigenvalue weighted by molar-refractivity contribution is -0.510. The molecule has 426 valence electrons. The Morgan fingerprint density at radius 1 is 0.394 bits per heavy atom. The zero-order valence-electron chi connectivity index (χ0n) is 31.3. The Kier molecular flexibility index (Phi) is 22.8. The van der Waals surface area contributed by atoms with Gasteiger partial charge in [0.1, 0.15) is 34.5 Å². The van der Waals surface area contributed by atoms with E-state index in [1.807, 2.05) is 4.74 Å². The summed E-state index contributed by atoms with van der Waals surface area (Å²) in [6, 6.07) is -3.85. The first kappa shape index (κ1) is 71.8. The van der Waals surface area contributed by atoms with Crippen molar-refractivity contribution < 1.29 is 195 Å². The van der Waals surface area contributed by atoms with E-state index in [9.17, 15) is 176 Å². The van der Waals surface area contributed by atoms with Gasteiger partial charge in [0.15, 0.2) is 12.1 Å². The molecule has 0 aliphatic rings. The Labute approximate surface area is 374 Å². The number of carbonyl (C=O) groups excluding carboxylic acids is 2. The molecule has 3 atom stereocenters. The van der Waals surface area contributed by atoms with E-state index >= 15 is 0 Å². The van der Waals surface area contributed by atoms with Gasteiger partial charge in [-0.1, -0.05) is 0 Å². The summed E-state index contributed by atoms with van der Waals surface area (Å²) in [4.78, 5) is 20.3. The molecule has 18 nitrogen and oxygen atoms in total. The van der Waals surface area contributed by atoms with Crippen LogP contribution in [-0.4, -0.2) is 157 Å². The molecule has 0 radical (unpaired) electrons. The van der Waals surface area contributed by atoms with E-state index in [0.29, 0.717) is 0 Å². The Morgan fingerprint density at radius 2 is 0.648 bits per heavy atom. The maximum absolute atomic E-state index is 14.1. The first-order valence-corrected chi connectivity index (χ1v) is 23.9. The highest BCUT2D eigenvalue weighted by Gasteiger charge is 2.81. The van der Waals surface area contributed by atoms with Gasteiger partial charge < -0.3 is 4.74 Å². The molecule has 0 N–H and O–H groups in total. The van der Waals surface area contributed by atoms with E-state index in [1.165, 1.54) is 0 Å². The molecule has 0 bridgehead atoms. The number of carbonyl (C=O) groups is 2. The fourth-order valence-corrected chi connectivity index (χ4v) is 7.41. The molecule has 0 fully saturated rings. The van der Waals surface area contributed by atoms with Crippen molar-refractivity contribution in [3.63, 3.8) is 0 Å². The van der Waals surface area contributed by atoms with Gasteiger partial charge in [0.25, 0.3) is 0 Å². The lowest BCUT2D eigenvalue weighted by atomic mass is 10.2. The zero-order valence-corrected chi connectivity index (χ0v) is 36.2. The summed E-state index contributed by atoms with van der Waals surface area (Å²) in [6.07, 6.45) is -42.4. The second-order valence-corrected chi connectivity index (χ2v) is 20.0. The highest BCUT2D eigenvalue weighted by molar-refractivity contribution is 7.89. The summed E-state index contributed by atoms with van der Waals surface area (Å²) >= 11 is 0. The molecule has 0 aromatic rings. The van der Waals surface area contributed by atoms with E-state index < -0.39 is 180 Å². The SMILES string of the molecule is O=C(CS(=O)(=O)F)CS(=O)(=O)F.O=CC(F)(OC(F)(F)C(F)(OC(F)(CS(=O)(=O)F)CS(=O)(=O)F)C(F)(F)F)C(F)(F)F.O=S(=O)(F)CC(F)(CS(=O)(=O)F)OC(F)(C(F)(F)F)C(F)(F)OC(F)=C(F)F. The second-order valence-electron chi connectivity index (χ2n) is 11.8. The van der Waals surface area contributed by atoms with E-state index in [1.54, 1.807) is 0 Å². The minimum atomic E-state index is -7.55. The fraction of sp³-hybridized carbons (Fsp3) is 0.800. The summed E-state index contributed by atoms with van der Waals surface area (Å²) in [5.41, 5.74) is 0. The third-order valence-corrected chi connectivity index (χ3v) is 9.96. The molecule has 0 aliphatic heterocycles. The van der Waals surface area contributed by atoms with Crippen LogP contribution in [0.2, 0.25) is 0 Å². The van der Waals surface area contributed by atoms with Gasteiger partial charge in [-0.15, -0.1) is 23.3 Å². The minimum Gasteiger partial charge on any atom is -0.398 e. The number of ketones is 1. The number of hydrogen-bond donors (Lipinski definition) is 0. The lowest BCUT2D eigenvalue weighted by Gasteiger charge is -2.39. The average molecular weight is 1250 g/mol. The molecular formula is C20H13F27O18S6. The van der Waals surface area contributed by atoms with Crippen molar-refractivity contribution >= 4 is 73.4 Å². The normalized spacial score (nSPS) is 16.9. The third kappa shape index (κ3) is 24.9. The molecule has 0 saturated carbocycles. The predicted octanol–water partition coefficient (Wildman–Crippen LogP) is 4.83. The molecular weight excluding hydrogens is 1230 g/mol. The second kappa shape index (κ2) is 22.6. The van der Waals surface area contributed by atoms with Gasteiger partial charge in [0, 0.05) is 0 Å². The average Bonchev–Trinajstić information content (AvgIpc) is 2.96. The first-order chi connectivity index (χ1) is 30.2. The standard InChI is InChI=1S/C9H5F13O7S2.C8H4F12O6S2.C3H4F2O5S2/c10-4(2-30(21,24)25,3-31(22,26)27)28-6(12,8(16,17)18)9(19,20)29-5(11,1-23)7(13,14)15;9-3(10)4(11)25-8(17,18)6(13,7(14,15)16)26-5(12,1-27(19,21)22)2-28(20,23)24;4-11(7,8)1-3(6)2-12(5,9)10/h1H,2-3H2;1-2H2;1-2H2. The Bertz CT molecular complexity index is 2510. The van der Waals surface area contributed by atoms with Gasteiger partial charge in [0.2, 0.25) is 11.7 Å². The Morgan fingerprint density at radius 3 is 0.831 bits per heavy atom. The largest absolute Gasteiger partial charge is 0.471 e. The van der Waals surface area contributed by atoms with Gasteiger partial charge in [-0.05, 0) is 0 Å². The molecule has 0 aliphatic carbocycles. The number of hydrogen-bond acceptors (Lipinski definition) is 18. The maximum Gasteiger partial charge on any atom is 0.471 e. The van der Waals surface area contributed by atoms with Gasteiger partial charge in [-0.25, -0.2) is 8.78 Å². The minimum absolute atomic E-state index is 1.54. The van der Waals surface area contributed by atoms with E-state index in [4.69, 9.17) is 0 Å². The van der Waals surface area contributed by atoms with Crippen LogP contribution in [0.25, 0.3) is 0 Å². The van der Waals surface area contributed by atoms with Crippen LogP contribution in [0.5, 0.6) is 0 Å². The van der Waals surface area contributed by atoms with Crippen LogP contribution in [0.4, 0.5) is 116 Å². The van der Waals surface area contributed by atoms with Crippen molar-refractivity contribution in [2.24, 2.45) is 0 Å². The number of rotatable bonds is 23. The predicted molar refractivity (Wildman–Crippen MR) is 162 cm³/mol. The molecule has 0 aromatic heterocycles. The summed E-state index contributed by atoms with van der Waals surface area (Å²) in [6.45, 7) is 0. The first-order valence-electron chi connectivity index (χ1n) is 14.6. The molecule has 3 unspecified atom stereocenters.